The lowest BCUT2D eigenvalue weighted by atomic mass is 10.0. The third kappa shape index (κ3) is 4.42. The number of rotatable bonds is 5. The van der Waals surface area contributed by atoms with E-state index in [4.69, 9.17) is 21.3 Å². The fraction of sp³-hybridized carbons (Fsp3) is 0.174. The zero-order valence-corrected chi connectivity index (χ0v) is 17.9. The first-order valence-electron chi connectivity index (χ1n) is 9.34. The predicted octanol–water partition coefficient (Wildman–Crippen LogP) is 5.68. The third-order valence-corrected chi connectivity index (χ3v) is 5.80. The standard InChI is InChI=1S/C23H22ClN3OS/c1-28-19-11-8-16(9-12-19)14-22-25-23(17-6-4-3-5-7-17)20-15-18(24)10-13-21(20)26-27(22)29-2/h3-13,15,22,26H,14H2,1-2H3. The Kier molecular flexibility index (Phi) is 6.09. The number of ether oxygens (including phenoxy) is 1. The van der Waals surface area contributed by atoms with Gasteiger partial charge in [0, 0.05) is 22.6 Å². The van der Waals surface area contributed by atoms with Crippen LogP contribution in [0.25, 0.3) is 0 Å². The number of hydrogen-bond acceptors (Lipinski definition) is 5. The Hall–Kier alpha value is -2.47. The average molecular weight is 424 g/mol. The van der Waals surface area contributed by atoms with E-state index in [-0.39, 0.29) is 6.17 Å². The molecule has 1 heterocycles. The molecule has 1 aliphatic heterocycles. The number of benzene rings is 3. The molecule has 0 amide bonds. The first-order valence-corrected chi connectivity index (χ1v) is 10.9. The molecule has 1 atom stereocenters. The summed E-state index contributed by atoms with van der Waals surface area (Å²) in [4.78, 5) is 5.19. The minimum atomic E-state index is -0.0974. The molecule has 0 aromatic heterocycles. The molecule has 4 nitrogen and oxygen atoms in total. The van der Waals surface area contributed by atoms with Gasteiger partial charge in [0.05, 0.1) is 18.5 Å². The molecule has 29 heavy (non-hydrogen) atoms. The molecule has 0 bridgehead atoms. The van der Waals surface area contributed by atoms with Gasteiger partial charge >= 0.3 is 0 Å². The monoisotopic (exact) mass is 423 g/mol. The van der Waals surface area contributed by atoms with Crippen LogP contribution in [0, 0.1) is 0 Å². The van der Waals surface area contributed by atoms with Crippen molar-refractivity contribution >= 4 is 34.9 Å². The number of hydrogen-bond donors (Lipinski definition) is 1. The lowest BCUT2D eigenvalue weighted by Crippen LogP contribution is -2.33. The number of nitrogens with one attached hydrogen (secondary N) is 1. The Morgan fingerprint density at radius 3 is 2.52 bits per heavy atom. The van der Waals surface area contributed by atoms with Crippen molar-refractivity contribution in [2.45, 2.75) is 12.6 Å². The third-order valence-electron chi connectivity index (χ3n) is 4.84. The van der Waals surface area contributed by atoms with Gasteiger partial charge in [-0.3, -0.25) is 4.99 Å². The molecule has 6 heteroatoms. The van der Waals surface area contributed by atoms with Crippen molar-refractivity contribution in [3.05, 3.63) is 94.5 Å². The molecule has 148 valence electrons. The fourth-order valence-corrected chi connectivity index (χ4v) is 4.10. The largest absolute Gasteiger partial charge is 0.497 e. The number of fused-ring (bicyclic) bond motifs is 1. The van der Waals surface area contributed by atoms with Crippen LogP contribution in [0.4, 0.5) is 5.69 Å². The van der Waals surface area contributed by atoms with E-state index < -0.39 is 0 Å². The molecule has 1 aliphatic rings. The molecule has 0 aliphatic carbocycles. The molecule has 4 rings (SSSR count). The molecule has 0 saturated carbocycles. The van der Waals surface area contributed by atoms with Crippen LogP contribution in [0.5, 0.6) is 5.75 Å². The lowest BCUT2D eigenvalue weighted by molar-refractivity contribution is 0.411. The van der Waals surface area contributed by atoms with Crippen LogP contribution >= 0.6 is 23.5 Å². The second kappa shape index (κ2) is 8.91. The van der Waals surface area contributed by atoms with Gasteiger partial charge in [0.1, 0.15) is 11.9 Å². The predicted molar refractivity (Wildman–Crippen MR) is 123 cm³/mol. The van der Waals surface area contributed by atoms with Gasteiger partial charge in [-0.25, -0.2) is 0 Å². The molecule has 1 N–H and O–H groups in total. The smallest absolute Gasteiger partial charge is 0.135 e. The van der Waals surface area contributed by atoms with E-state index in [1.807, 2.05) is 54.8 Å². The van der Waals surface area contributed by atoms with Crippen molar-refractivity contribution in [2.24, 2.45) is 4.99 Å². The first-order chi connectivity index (χ1) is 14.2. The summed E-state index contributed by atoms with van der Waals surface area (Å²) < 4.78 is 7.37. The van der Waals surface area contributed by atoms with E-state index in [2.05, 4.69) is 34.1 Å². The summed E-state index contributed by atoms with van der Waals surface area (Å²) in [7, 11) is 1.68. The van der Waals surface area contributed by atoms with Crippen LogP contribution < -0.4 is 10.2 Å². The van der Waals surface area contributed by atoms with Gasteiger partial charge in [0.15, 0.2) is 0 Å². The van der Waals surface area contributed by atoms with Gasteiger partial charge in [-0.05, 0) is 42.2 Å². The second-order valence-corrected chi connectivity index (χ2v) is 7.88. The van der Waals surface area contributed by atoms with Crippen molar-refractivity contribution in [3.63, 3.8) is 0 Å². The Morgan fingerprint density at radius 2 is 1.83 bits per heavy atom. The van der Waals surface area contributed by atoms with E-state index in [9.17, 15) is 0 Å². The number of halogens is 1. The molecule has 0 fully saturated rings. The molecule has 0 radical (unpaired) electrons. The Labute approximate surface area is 180 Å². The van der Waals surface area contributed by atoms with Crippen molar-refractivity contribution in [3.8, 4) is 5.75 Å². The summed E-state index contributed by atoms with van der Waals surface area (Å²) in [5.41, 5.74) is 8.71. The summed E-state index contributed by atoms with van der Waals surface area (Å²) in [5.74, 6) is 0.852. The quantitative estimate of drug-likeness (QED) is 0.536. The second-order valence-electron chi connectivity index (χ2n) is 6.69. The average Bonchev–Trinajstić information content (AvgIpc) is 2.91. The topological polar surface area (TPSA) is 36.9 Å². The van der Waals surface area contributed by atoms with Crippen molar-refractivity contribution in [2.75, 3.05) is 18.8 Å². The summed E-state index contributed by atoms with van der Waals surface area (Å²) in [6.45, 7) is 0. The van der Waals surface area contributed by atoms with E-state index in [0.717, 1.165) is 34.7 Å². The Balaban J connectivity index is 1.78. The van der Waals surface area contributed by atoms with Gasteiger partial charge in [-0.2, -0.15) is 0 Å². The van der Waals surface area contributed by atoms with Crippen LogP contribution in [0.1, 0.15) is 16.7 Å². The van der Waals surface area contributed by atoms with Gasteiger partial charge in [-0.15, -0.1) is 4.41 Å². The minimum absolute atomic E-state index is 0.0974. The highest BCUT2D eigenvalue weighted by Crippen LogP contribution is 2.31. The molecular formula is C23H22ClN3OS. The van der Waals surface area contributed by atoms with Crippen molar-refractivity contribution in [1.82, 2.24) is 4.41 Å². The van der Waals surface area contributed by atoms with Crippen LogP contribution in [-0.2, 0) is 6.42 Å². The van der Waals surface area contributed by atoms with Crippen LogP contribution in [0.2, 0.25) is 5.02 Å². The first kappa shape index (κ1) is 19.8. The van der Waals surface area contributed by atoms with E-state index in [1.165, 1.54) is 5.56 Å². The maximum Gasteiger partial charge on any atom is 0.135 e. The van der Waals surface area contributed by atoms with Gasteiger partial charge in [0.2, 0.25) is 0 Å². The maximum absolute atomic E-state index is 6.33. The number of hydrazine groups is 1. The molecule has 3 aromatic carbocycles. The summed E-state index contributed by atoms with van der Waals surface area (Å²) >= 11 is 7.95. The van der Waals surface area contributed by atoms with Gasteiger partial charge in [0.25, 0.3) is 0 Å². The number of anilines is 1. The van der Waals surface area contributed by atoms with E-state index in [1.54, 1.807) is 19.1 Å². The number of aliphatic imine (C=N–C) groups is 1. The Morgan fingerprint density at radius 1 is 1.07 bits per heavy atom. The number of nitrogens with zero attached hydrogens (tertiary/aromatic N) is 2. The lowest BCUT2D eigenvalue weighted by Gasteiger charge is -2.26. The molecular weight excluding hydrogens is 402 g/mol. The van der Waals surface area contributed by atoms with Crippen molar-refractivity contribution in [1.29, 1.82) is 0 Å². The maximum atomic E-state index is 6.33. The van der Waals surface area contributed by atoms with Gasteiger partial charge < -0.3 is 10.2 Å². The minimum Gasteiger partial charge on any atom is -0.497 e. The fourth-order valence-electron chi connectivity index (χ4n) is 3.37. The summed E-state index contributed by atoms with van der Waals surface area (Å²) in [6, 6.07) is 24.3. The van der Waals surface area contributed by atoms with Crippen LogP contribution in [-0.4, -0.2) is 29.7 Å². The van der Waals surface area contributed by atoms with Crippen LogP contribution in [0.15, 0.2) is 77.8 Å². The van der Waals surface area contributed by atoms with E-state index in [0.29, 0.717) is 5.02 Å². The van der Waals surface area contributed by atoms with E-state index >= 15 is 0 Å². The highest BCUT2D eigenvalue weighted by Gasteiger charge is 2.26. The molecule has 3 aromatic rings. The normalized spacial score (nSPS) is 16.4. The highest BCUT2D eigenvalue weighted by atomic mass is 35.5. The molecule has 1 unspecified atom stereocenters. The van der Waals surface area contributed by atoms with Gasteiger partial charge in [-0.1, -0.05) is 66.0 Å². The van der Waals surface area contributed by atoms with Crippen molar-refractivity contribution < 1.29 is 4.74 Å². The zero-order chi connectivity index (χ0) is 20.2. The SMILES string of the molecule is COc1ccc(CC2N=C(c3ccccc3)c3cc(Cl)ccc3NN2SC)cc1. The van der Waals surface area contributed by atoms with Crippen LogP contribution in [0.3, 0.4) is 0 Å². The number of methoxy groups -OCH3 is 1. The molecule has 0 spiro atoms. The highest BCUT2D eigenvalue weighted by molar-refractivity contribution is 7.96. The summed E-state index contributed by atoms with van der Waals surface area (Å²) in [6.07, 6.45) is 2.71. The zero-order valence-electron chi connectivity index (χ0n) is 16.3. The summed E-state index contributed by atoms with van der Waals surface area (Å²) in [5, 5.41) is 0.693. The Bertz CT molecular complexity index is 1010. The molecule has 0 saturated heterocycles.